The number of hydrogen-bond donors (Lipinski definition) is 1. The molecule has 1 nitrogen and oxygen atoms in total. The van der Waals surface area contributed by atoms with Gasteiger partial charge < -0.3 is 5.73 Å². The lowest BCUT2D eigenvalue weighted by molar-refractivity contribution is 1.06. The molecular formula is C15H17N. The van der Waals surface area contributed by atoms with Crippen molar-refractivity contribution in [3.05, 3.63) is 70.8 Å². The van der Waals surface area contributed by atoms with E-state index in [9.17, 15) is 0 Å². The molecule has 0 atom stereocenters. The summed E-state index contributed by atoms with van der Waals surface area (Å²) in [4.78, 5) is 0. The first-order chi connectivity index (χ1) is 7.78. The van der Waals surface area contributed by atoms with Gasteiger partial charge >= 0.3 is 0 Å². The van der Waals surface area contributed by atoms with Gasteiger partial charge in [-0.3, -0.25) is 0 Å². The van der Waals surface area contributed by atoms with Gasteiger partial charge in [0.15, 0.2) is 0 Å². The predicted octanol–water partition coefficient (Wildman–Crippen LogP) is 3.04. The Balaban J connectivity index is 2.14. The molecule has 1 heteroatoms. The number of benzene rings is 2. The fraction of sp³-hybridized carbons (Fsp3) is 0.200. The quantitative estimate of drug-likeness (QED) is 0.829. The Hall–Kier alpha value is -1.60. The van der Waals surface area contributed by atoms with Crippen LogP contribution in [0.2, 0.25) is 0 Å². The second-order valence-corrected chi connectivity index (χ2v) is 4.19. The van der Waals surface area contributed by atoms with E-state index in [1.165, 1.54) is 22.3 Å². The van der Waals surface area contributed by atoms with Crippen molar-refractivity contribution in [1.82, 2.24) is 0 Å². The number of nitrogens with two attached hydrogens (primary N) is 1. The highest BCUT2D eigenvalue weighted by Gasteiger charge is 1.97. The van der Waals surface area contributed by atoms with Gasteiger partial charge in [-0.05, 0) is 30.0 Å². The molecular weight excluding hydrogens is 194 g/mol. The largest absolute Gasteiger partial charge is 0.326 e. The van der Waals surface area contributed by atoms with Crippen LogP contribution in [0.25, 0.3) is 0 Å². The lowest BCUT2D eigenvalue weighted by Crippen LogP contribution is -1.96. The summed E-state index contributed by atoms with van der Waals surface area (Å²) in [6.45, 7) is 2.74. The molecule has 2 aromatic carbocycles. The lowest BCUT2D eigenvalue weighted by atomic mass is 10.0. The first-order valence-corrected chi connectivity index (χ1v) is 5.61. The lowest BCUT2D eigenvalue weighted by Gasteiger charge is -2.04. The minimum absolute atomic E-state index is 0.616. The van der Waals surface area contributed by atoms with E-state index in [1.54, 1.807) is 0 Å². The van der Waals surface area contributed by atoms with Crippen LogP contribution in [0.4, 0.5) is 0 Å². The van der Waals surface area contributed by atoms with E-state index < -0.39 is 0 Å². The Morgan fingerprint density at radius 2 is 1.56 bits per heavy atom. The topological polar surface area (TPSA) is 26.0 Å². The molecule has 0 saturated carbocycles. The van der Waals surface area contributed by atoms with Gasteiger partial charge in [0.1, 0.15) is 0 Å². The monoisotopic (exact) mass is 211 g/mol. The van der Waals surface area contributed by atoms with E-state index in [-0.39, 0.29) is 0 Å². The fourth-order valence-electron chi connectivity index (χ4n) is 1.85. The van der Waals surface area contributed by atoms with Gasteiger partial charge in [-0.25, -0.2) is 0 Å². The van der Waals surface area contributed by atoms with E-state index in [0.717, 1.165) is 6.42 Å². The first kappa shape index (κ1) is 10.9. The van der Waals surface area contributed by atoms with Crippen molar-refractivity contribution in [2.24, 2.45) is 5.73 Å². The molecule has 0 aliphatic heterocycles. The van der Waals surface area contributed by atoms with Crippen LogP contribution in [-0.2, 0) is 13.0 Å². The molecule has 0 bridgehead atoms. The Morgan fingerprint density at radius 1 is 0.875 bits per heavy atom. The first-order valence-electron chi connectivity index (χ1n) is 5.61. The molecule has 0 fully saturated rings. The third-order valence-corrected chi connectivity index (χ3v) is 2.75. The second kappa shape index (κ2) is 4.95. The molecule has 0 aliphatic carbocycles. The maximum atomic E-state index is 5.57. The van der Waals surface area contributed by atoms with E-state index in [0.29, 0.717) is 6.54 Å². The average molecular weight is 211 g/mol. The smallest absolute Gasteiger partial charge is 0.0178 e. The number of aryl methyl sites for hydroxylation is 1. The average Bonchev–Trinajstić information content (AvgIpc) is 2.30. The summed E-state index contributed by atoms with van der Waals surface area (Å²) < 4.78 is 0. The summed E-state index contributed by atoms with van der Waals surface area (Å²) in [5.41, 5.74) is 10.8. The molecule has 0 spiro atoms. The van der Waals surface area contributed by atoms with Gasteiger partial charge in [0, 0.05) is 6.54 Å². The Labute approximate surface area is 96.9 Å². The van der Waals surface area contributed by atoms with Crippen molar-refractivity contribution >= 4 is 0 Å². The maximum absolute atomic E-state index is 5.57. The van der Waals surface area contributed by atoms with Crippen LogP contribution >= 0.6 is 0 Å². The van der Waals surface area contributed by atoms with Crippen LogP contribution in [0.5, 0.6) is 0 Å². The molecule has 0 amide bonds. The van der Waals surface area contributed by atoms with Crippen LogP contribution in [0.15, 0.2) is 48.5 Å². The zero-order valence-electron chi connectivity index (χ0n) is 9.61. The molecule has 0 heterocycles. The van der Waals surface area contributed by atoms with Crippen molar-refractivity contribution in [3.63, 3.8) is 0 Å². The summed E-state index contributed by atoms with van der Waals surface area (Å²) in [6, 6.07) is 17.2. The minimum atomic E-state index is 0.616. The molecule has 16 heavy (non-hydrogen) atoms. The Kier molecular flexibility index (Phi) is 3.37. The molecule has 2 aromatic rings. The second-order valence-electron chi connectivity index (χ2n) is 4.19. The van der Waals surface area contributed by atoms with Crippen molar-refractivity contribution in [1.29, 1.82) is 0 Å². The highest BCUT2D eigenvalue weighted by molar-refractivity contribution is 5.30. The zero-order chi connectivity index (χ0) is 11.4. The Bertz CT molecular complexity index is 457. The van der Waals surface area contributed by atoms with Crippen molar-refractivity contribution < 1.29 is 0 Å². The summed E-state index contributed by atoms with van der Waals surface area (Å²) in [7, 11) is 0. The normalized spacial score (nSPS) is 10.4. The molecule has 0 radical (unpaired) electrons. The molecule has 0 aliphatic rings. The minimum Gasteiger partial charge on any atom is -0.326 e. The van der Waals surface area contributed by atoms with Crippen molar-refractivity contribution in [2.45, 2.75) is 19.9 Å². The highest BCUT2D eigenvalue weighted by Crippen LogP contribution is 2.12. The number of hydrogen-bond acceptors (Lipinski definition) is 1. The summed E-state index contributed by atoms with van der Waals surface area (Å²) in [5.74, 6) is 0. The van der Waals surface area contributed by atoms with Gasteiger partial charge in [0.05, 0.1) is 0 Å². The van der Waals surface area contributed by atoms with Gasteiger partial charge in [0.2, 0.25) is 0 Å². The van der Waals surface area contributed by atoms with E-state index in [1.807, 2.05) is 0 Å². The molecule has 2 rings (SSSR count). The SMILES string of the molecule is Cc1cccc(Cc2ccc(CN)cc2)c1. The maximum Gasteiger partial charge on any atom is 0.0178 e. The standard InChI is InChI=1S/C15H17N/c1-12-3-2-4-15(9-12)10-13-5-7-14(11-16)8-6-13/h2-9H,10-11,16H2,1H3. The van der Waals surface area contributed by atoms with Crippen LogP contribution < -0.4 is 5.73 Å². The van der Waals surface area contributed by atoms with Crippen molar-refractivity contribution in [3.8, 4) is 0 Å². The summed E-state index contributed by atoms with van der Waals surface area (Å²) in [5, 5.41) is 0. The highest BCUT2D eigenvalue weighted by atomic mass is 14.5. The molecule has 2 N–H and O–H groups in total. The van der Waals surface area contributed by atoms with E-state index in [4.69, 9.17) is 5.73 Å². The van der Waals surface area contributed by atoms with E-state index >= 15 is 0 Å². The van der Waals surface area contributed by atoms with Gasteiger partial charge in [-0.1, -0.05) is 54.1 Å². The van der Waals surface area contributed by atoms with Gasteiger partial charge in [0.25, 0.3) is 0 Å². The fourth-order valence-corrected chi connectivity index (χ4v) is 1.85. The third kappa shape index (κ3) is 2.71. The van der Waals surface area contributed by atoms with Crippen LogP contribution in [0.3, 0.4) is 0 Å². The predicted molar refractivity (Wildman–Crippen MR) is 68.3 cm³/mol. The number of rotatable bonds is 3. The summed E-state index contributed by atoms with van der Waals surface area (Å²) in [6.07, 6.45) is 0.993. The zero-order valence-corrected chi connectivity index (χ0v) is 9.61. The van der Waals surface area contributed by atoms with Crippen LogP contribution in [0, 0.1) is 6.92 Å². The summed E-state index contributed by atoms with van der Waals surface area (Å²) >= 11 is 0. The van der Waals surface area contributed by atoms with Gasteiger partial charge in [-0.2, -0.15) is 0 Å². The molecule has 82 valence electrons. The molecule has 0 unspecified atom stereocenters. The van der Waals surface area contributed by atoms with Gasteiger partial charge in [-0.15, -0.1) is 0 Å². The van der Waals surface area contributed by atoms with E-state index in [2.05, 4.69) is 55.5 Å². The molecule has 0 saturated heterocycles. The van der Waals surface area contributed by atoms with Crippen molar-refractivity contribution in [2.75, 3.05) is 0 Å². The van der Waals surface area contributed by atoms with Crippen LogP contribution in [-0.4, -0.2) is 0 Å². The third-order valence-electron chi connectivity index (χ3n) is 2.75. The Morgan fingerprint density at radius 3 is 2.19 bits per heavy atom. The van der Waals surface area contributed by atoms with Crippen LogP contribution in [0.1, 0.15) is 22.3 Å². The molecule has 0 aromatic heterocycles.